The molecule has 0 amide bonds. The number of fused-ring (bicyclic) bond motifs is 1. The molecule has 0 bridgehead atoms. The third kappa shape index (κ3) is 5.05. The highest BCUT2D eigenvalue weighted by Crippen LogP contribution is 2.39. The van der Waals surface area contributed by atoms with Crippen molar-refractivity contribution in [3.63, 3.8) is 0 Å². The first-order chi connectivity index (χ1) is 18.1. The molecule has 1 aliphatic heterocycles. The fourth-order valence-electron chi connectivity index (χ4n) is 4.14. The number of hydrogen-bond donors (Lipinski definition) is 2. The summed E-state index contributed by atoms with van der Waals surface area (Å²) in [7, 11) is 0. The Morgan fingerprint density at radius 1 is 0.973 bits per heavy atom. The zero-order chi connectivity index (χ0) is 25.2. The molecule has 5 aromatic rings. The first-order valence-corrected chi connectivity index (χ1v) is 13.3. The van der Waals surface area contributed by atoms with E-state index in [9.17, 15) is 0 Å². The van der Waals surface area contributed by atoms with Gasteiger partial charge in [-0.15, -0.1) is 0 Å². The second-order valence-electron chi connectivity index (χ2n) is 8.49. The number of nitrogens with one attached hydrogen (secondary N) is 2. The summed E-state index contributed by atoms with van der Waals surface area (Å²) in [5, 5.41) is 9.45. The number of aryl methyl sites for hydroxylation is 2. The summed E-state index contributed by atoms with van der Waals surface area (Å²) in [5.41, 5.74) is 5.96. The molecule has 184 valence electrons. The quantitative estimate of drug-likeness (QED) is 0.231. The molecule has 0 spiro atoms. The van der Waals surface area contributed by atoms with E-state index >= 15 is 0 Å². The number of rotatable bonds is 7. The minimum absolute atomic E-state index is 0.154. The van der Waals surface area contributed by atoms with Crippen LogP contribution >= 0.6 is 27.7 Å². The lowest BCUT2D eigenvalue weighted by Gasteiger charge is -2.12. The van der Waals surface area contributed by atoms with E-state index < -0.39 is 6.29 Å². The predicted octanol–water partition coefficient (Wildman–Crippen LogP) is 6.55. The molecule has 2 aromatic heterocycles. The maximum Gasteiger partial charge on any atom is 0.268 e. The van der Waals surface area contributed by atoms with Crippen molar-refractivity contribution in [1.29, 1.82) is 5.41 Å². The van der Waals surface area contributed by atoms with Gasteiger partial charge in [0.05, 0.1) is 6.33 Å². The maximum atomic E-state index is 8.25. The summed E-state index contributed by atoms with van der Waals surface area (Å²) in [6.45, 7) is 0.690. The fourth-order valence-corrected chi connectivity index (χ4v) is 5.33. The van der Waals surface area contributed by atoms with Crippen molar-refractivity contribution in [3.05, 3.63) is 118 Å². The molecule has 0 saturated carbocycles. The summed E-state index contributed by atoms with van der Waals surface area (Å²) in [4.78, 5) is 12.2. The highest BCUT2D eigenvalue weighted by Gasteiger charge is 2.25. The van der Waals surface area contributed by atoms with E-state index in [0.717, 1.165) is 16.5 Å². The van der Waals surface area contributed by atoms with Gasteiger partial charge in [0, 0.05) is 16.6 Å². The Hall–Kier alpha value is -3.82. The van der Waals surface area contributed by atoms with E-state index in [4.69, 9.17) is 19.9 Å². The summed E-state index contributed by atoms with van der Waals surface area (Å²) in [5.74, 6) is 0. The van der Waals surface area contributed by atoms with Crippen LogP contribution in [0.3, 0.4) is 0 Å². The van der Waals surface area contributed by atoms with E-state index in [0.29, 0.717) is 28.0 Å². The highest BCUT2D eigenvalue weighted by atomic mass is 79.9. The van der Waals surface area contributed by atoms with E-state index in [1.807, 2.05) is 47.0 Å². The monoisotopic (exact) mass is 571 g/mol. The summed E-state index contributed by atoms with van der Waals surface area (Å²) in [6.07, 6.45) is 3.57. The van der Waals surface area contributed by atoms with Crippen molar-refractivity contribution >= 4 is 38.9 Å². The summed E-state index contributed by atoms with van der Waals surface area (Å²) < 4.78 is 14.6. The molecule has 37 heavy (non-hydrogen) atoms. The van der Waals surface area contributed by atoms with Crippen LogP contribution in [0.5, 0.6) is 0 Å². The second-order valence-corrected chi connectivity index (χ2v) is 10.3. The minimum atomic E-state index is -0.519. The van der Waals surface area contributed by atoms with Crippen LogP contribution < -0.4 is 5.49 Å². The van der Waals surface area contributed by atoms with Crippen molar-refractivity contribution < 1.29 is 9.47 Å². The molecule has 6 rings (SSSR count). The van der Waals surface area contributed by atoms with E-state index in [2.05, 4.69) is 62.3 Å². The summed E-state index contributed by atoms with van der Waals surface area (Å²) in [6, 6.07) is 26.8. The Morgan fingerprint density at radius 3 is 2.54 bits per heavy atom. The van der Waals surface area contributed by atoms with Gasteiger partial charge < -0.3 is 19.0 Å². The Balaban J connectivity index is 1.16. The Kier molecular flexibility index (Phi) is 6.55. The molecule has 3 aromatic carbocycles. The lowest BCUT2D eigenvalue weighted by atomic mass is 10.0. The van der Waals surface area contributed by atoms with Gasteiger partial charge in [0.2, 0.25) is 5.09 Å². The van der Waals surface area contributed by atoms with Crippen LogP contribution in [0.1, 0.15) is 17.4 Å². The lowest BCUT2D eigenvalue weighted by molar-refractivity contribution is -0.0278. The number of hydrogen-bond acceptors (Lipinski definition) is 6. The zero-order valence-corrected chi connectivity index (χ0v) is 22.0. The second kappa shape index (κ2) is 10.3. The number of imidazole rings is 1. The molecule has 0 saturated heterocycles. The van der Waals surface area contributed by atoms with Gasteiger partial charge in [0.15, 0.2) is 16.3 Å². The van der Waals surface area contributed by atoms with Gasteiger partial charge in [0.25, 0.3) is 6.29 Å². The van der Waals surface area contributed by atoms with Crippen LogP contribution in [0.15, 0.2) is 106 Å². The van der Waals surface area contributed by atoms with Gasteiger partial charge in [-0.3, -0.25) is 5.41 Å². The maximum absolute atomic E-state index is 8.25. The number of H-pyrrole nitrogens is 1. The first kappa shape index (κ1) is 23.6. The molecular weight excluding hydrogens is 550 g/mol. The van der Waals surface area contributed by atoms with Crippen molar-refractivity contribution in [2.75, 3.05) is 0 Å². The fraction of sp³-hybridized carbons (Fsp3) is 0.107. The average molecular weight is 572 g/mol. The van der Waals surface area contributed by atoms with Crippen LogP contribution in [0, 0.1) is 5.41 Å². The molecule has 9 heteroatoms. The van der Waals surface area contributed by atoms with E-state index in [-0.39, 0.29) is 5.49 Å². The predicted molar refractivity (Wildman–Crippen MR) is 146 cm³/mol. The topological polar surface area (TPSA) is 88.8 Å². The van der Waals surface area contributed by atoms with Gasteiger partial charge in [-0.25, -0.2) is 9.97 Å². The van der Waals surface area contributed by atoms with Crippen LogP contribution in [0.4, 0.5) is 0 Å². The molecule has 0 fully saturated rings. The SMILES string of the molecule is N=c1ncn(CCc2ccc(-c3ccccc3)cc2)c2nc(SC3=COC(c4ccccc4Br)O3)[nH]c12. The third-order valence-electron chi connectivity index (χ3n) is 6.07. The first-order valence-electron chi connectivity index (χ1n) is 11.7. The largest absolute Gasteiger partial charge is 0.454 e. The molecular formula is C28H22BrN5O2S. The van der Waals surface area contributed by atoms with Gasteiger partial charge in [-0.2, -0.15) is 0 Å². The molecule has 7 nitrogen and oxygen atoms in total. The molecule has 1 unspecified atom stereocenters. The van der Waals surface area contributed by atoms with Crippen LogP contribution in [-0.4, -0.2) is 19.5 Å². The van der Waals surface area contributed by atoms with Crippen molar-refractivity contribution in [3.8, 4) is 11.1 Å². The van der Waals surface area contributed by atoms with Gasteiger partial charge in [-0.1, -0.05) is 88.7 Å². The number of aromatic amines is 1. The molecule has 1 atom stereocenters. The van der Waals surface area contributed by atoms with Crippen LogP contribution in [0.2, 0.25) is 0 Å². The highest BCUT2D eigenvalue weighted by molar-refractivity contribution is 9.10. The summed E-state index contributed by atoms with van der Waals surface area (Å²) >= 11 is 4.86. The number of benzene rings is 3. The number of aromatic nitrogens is 4. The number of thioether (sulfide) groups is 1. The molecule has 3 heterocycles. The normalized spacial score (nSPS) is 14.8. The molecule has 2 N–H and O–H groups in total. The zero-order valence-electron chi connectivity index (χ0n) is 19.6. The average Bonchev–Trinajstić information content (AvgIpc) is 3.57. The van der Waals surface area contributed by atoms with Crippen LogP contribution in [0.25, 0.3) is 22.3 Å². The van der Waals surface area contributed by atoms with Gasteiger partial charge in [0.1, 0.15) is 11.8 Å². The Morgan fingerprint density at radius 2 is 1.73 bits per heavy atom. The third-order valence-corrected chi connectivity index (χ3v) is 7.57. The molecule has 1 aliphatic rings. The number of nitrogens with zero attached hydrogens (tertiary/aromatic N) is 3. The Bertz CT molecular complexity index is 1650. The van der Waals surface area contributed by atoms with E-state index in [1.54, 1.807) is 12.6 Å². The van der Waals surface area contributed by atoms with Crippen molar-refractivity contribution in [2.45, 2.75) is 24.4 Å². The van der Waals surface area contributed by atoms with E-state index in [1.165, 1.54) is 28.5 Å². The van der Waals surface area contributed by atoms with Crippen LogP contribution in [-0.2, 0) is 22.4 Å². The molecule has 0 aliphatic carbocycles. The number of halogens is 1. The smallest absolute Gasteiger partial charge is 0.268 e. The van der Waals surface area contributed by atoms with Gasteiger partial charge in [-0.05, 0) is 40.9 Å². The minimum Gasteiger partial charge on any atom is -0.454 e. The standard InChI is InChI=1S/C28H22BrN5O2S/c29-22-9-5-4-8-21(22)27-35-16-23(36-27)37-28-32-24-25(30)31-17-34(26(24)33-28)15-14-18-10-12-20(13-11-18)19-6-2-1-3-7-19/h1-13,16-17,27,30H,14-15H2,(H,32,33). The lowest BCUT2D eigenvalue weighted by Crippen LogP contribution is -2.13. The number of ether oxygens (including phenoxy) is 2. The molecule has 0 radical (unpaired) electrons. The van der Waals surface area contributed by atoms with Crippen molar-refractivity contribution in [2.24, 2.45) is 0 Å². The van der Waals surface area contributed by atoms with Gasteiger partial charge >= 0.3 is 0 Å². The Labute approximate surface area is 225 Å². The van der Waals surface area contributed by atoms with Crippen molar-refractivity contribution in [1.82, 2.24) is 19.5 Å².